The van der Waals surface area contributed by atoms with Crippen LogP contribution in [0.4, 0.5) is 4.39 Å². The third-order valence-electron chi connectivity index (χ3n) is 5.85. The Balaban J connectivity index is 1.59. The van der Waals surface area contributed by atoms with Gasteiger partial charge in [-0.1, -0.05) is 32.0 Å². The molecular weight excluding hydrogens is 407 g/mol. The first-order valence-electron chi connectivity index (χ1n) is 11.0. The van der Waals surface area contributed by atoms with E-state index < -0.39 is 0 Å². The van der Waals surface area contributed by atoms with E-state index in [1.807, 2.05) is 30.3 Å². The van der Waals surface area contributed by atoms with Crippen LogP contribution in [0.15, 0.2) is 60.8 Å². The molecule has 0 radical (unpaired) electrons. The summed E-state index contributed by atoms with van der Waals surface area (Å²) >= 11 is 0. The fraction of sp³-hybridized carbons (Fsp3) is 0.360. The molecule has 1 aliphatic heterocycles. The molecule has 1 N–H and O–H groups in total. The number of halogens is 1. The highest BCUT2D eigenvalue weighted by Gasteiger charge is 2.25. The van der Waals surface area contributed by atoms with E-state index in [4.69, 9.17) is 4.74 Å². The van der Waals surface area contributed by atoms with Crippen LogP contribution in [0, 0.1) is 11.7 Å². The average molecular weight is 437 g/mol. The largest absolute Gasteiger partial charge is 0.379 e. The highest BCUT2D eigenvalue weighted by atomic mass is 19.1. The third-order valence-corrected chi connectivity index (χ3v) is 5.85. The topological polar surface area (TPSA) is 59.4 Å². The molecule has 4 rings (SSSR count). The Morgan fingerprint density at radius 1 is 1.09 bits per heavy atom. The number of ether oxygens (including phenoxy) is 1. The van der Waals surface area contributed by atoms with Gasteiger partial charge in [-0.3, -0.25) is 9.69 Å². The van der Waals surface area contributed by atoms with E-state index in [0.717, 1.165) is 32.0 Å². The van der Waals surface area contributed by atoms with E-state index in [9.17, 15) is 9.18 Å². The van der Waals surface area contributed by atoms with Gasteiger partial charge in [-0.05, 0) is 42.3 Å². The number of amides is 1. The summed E-state index contributed by atoms with van der Waals surface area (Å²) in [4.78, 5) is 15.7. The number of rotatable bonds is 7. The Morgan fingerprint density at radius 2 is 1.78 bits per heavy atom. The first-order valence-corrected chi connectivity index (χ1v) is 11.0. The monoisotopic (exact) mass is 436 g/mol. The molecule has 6 nitrogen and oxygen atoms in total. The first-order chi connectivity index (χ1) is 15.5. The third kappa shape index (κ3) is 5.06. The van der Waals surface area contributed by atoms with Crippen molar-refractivity contribution in [1.29, 1.82) is 0 Å². The average Bonchev–Trinajstić information content (AvgIpc) is 3.26. The van der Waals surface area contributed by atoms with Gasteiger partial charge in [0.1, 0.15) is 11.5 Å². The van der Waals surface area contributed by atoms with Gasteiger partial charge in [0.2, 0.25) is 0 Å². The fourth-order valence-corrected chi connectivity index (χ4v) is 4.06. The lowest BCUT2D eigenvalue weighted by molar-refractivity contribution is 0.00673. The Hall–Kier alpha value is -3.03. The van der Waals surface area contributed by atoms with Crippen molar-refractivity contribution < 1.29 is 13.9 Å². The maximum Gasteiger partial charge on any atom is 0.255 e. The number of hydrogen-bond donors (Lipinski definition) is 1. The Bertz CT molecular complexity index is 1030. The van der Waals surface area contributed by atoms with Crippen molar-refractivity contribution in [3.05, 3.63) is 72.2 Å². The number of nitrogens with one attached hydrogen (secondary N) is 1. The van der Waals surface area contributed by atoms with E-state index in [2.05, 4.69) is 29.2 Å². The minimum atomic E-state index is -0.326. The van der Waals surface area contributed by atoms with E-state index in [0.29, 0.717) is 29.3 Å². The van der Waals surface area contributed by atoms with Gasteiger partial charge in [0, 0.05) is 37.4 Å². The molecule has 1 fully saturated rings. The molecule has 1 aliphatic rings. The van der Waals surface area contributed by atoms with Crippen molar-refractivity contribution in [2.75, 3.05) is 32.8 Å². The molecule has 2 aromatic carbocycles. The van der Waals surface area contributed by atoms with Crippen LogP contribution in [-0.2, 0) is 4.74 Å². The molecule has 0 bridgehead atoms. The summed E-state index contributed by atoms with van der Waals surface area (Å²) in [6, 6.07) is 15.9. The first kappa shape index (κ1) is 22.2. The fourth-order valence-electron chi connectivity index (χ4n) is 4.06. The van der Waals surface area contributed by atoms with Crippen molar-refractivity contribution in [3.63, 3.8) is 0 Å². The lowest BCUT2D eigenvalue weighted by Crippen LogP contribution is -2.51. The van der Waals surface area contributed by atoms with Gasteiger partial charge in [0.25, 0.3) is 5.91 Å². The van der Waals surface area contributed by atoms with Crippen LogP contribution in [0.1, 0.15) is 24.2 Å². The van der Waals surface area contributed by atoms with Crippen LogP contribution in [0.2, 0.25) is 0 Å². The normalized spacial score (nSPS) is 15.6. The smallest absolute Gasteiger partial charge is 0.255 e. The van der Waals surface area contributed by atoms with E-state index in [-0.39, 0.29) is 17.8 Å². The number of hydrogen-bond acceptors (Lipinski definition) is 4. The second-order valence-corrected chi connectivity index (χ2v) is 8.35. The van der Waals surface area contributed by atoms with Crippen LogP contribution >= 0.6 is 0 Å². The van der Waals surface area contributed by atoms with E-state index in [1.54, 1.807) is 23.0 Å². The summed E-state index contributed by atoms with van der Waals surface area (Å²) in [5.41, 5.74) is 2.53. The summed E-state index contributed by atoms with van der Waals surface area (Å²) in [6.45, 7) is 8.05. The number of carbonyl (C=O) groups excluding carboxylic acids is 1. The lowest BCUT2D eigenvalue weighted by atomic mass is 10.0. The molecule has 1 amide bonds. The van der Waals surface area contributed by atoms with Crippen LogP contribution in [-0.4, -0.2) is 59.5 Å². The second kappa shape index (κ2) is 10.1. The van der Waals surface area contributed by atoms with Gasteiger partial charge in [-0.25, -0.2) is 9.07 Å². The van der Waals surface area contributed by atoms with E-state index in [1.165, 1.54) is 12.1 Å². The number of benzene rings is 2. The molecule has 1 atom stereocenters. The second-order valence-electron chi connectivity index (χ2n) is 8.35. The molecule has 32 heavy (non-hydrogen) atoms. The Labute approximate surface area is 188 Å². The van der Waals surface area contributed by atoms with Crippen molar-refractivity contribution in [2.24, 2.45) is 5.92 Å². The predicted octanol–water partition coefficient (Wildman–Crippen LogP) is 3.77. The molecule has 7 heteroatoms. The summed E-state index contributed by atoms with van der Waals surface area (Å²) in [7, 11) is 0. The number of morpholine rings is 1. The number of para-hydroxylation sites is 1. The zero-order chi connectivity index (χ0) is 22.5. The summed E-state index contributed by atoms with van der Waals surface area (Å²) in [5.74, 6) is -0.130. The van der Waals surface area contributed by atoms with Crippen molar-refractivity contribution >= 4 is 5.91 Å². The Kier molecular flexibility index (Phi) is 6.97. The molecule has 1 aromatic heterocycles. The molecule has 0 unspecified atom stereocenters. The zero-order valence-corrected chi connectivity index (χ0v) is 18.5. The number of nitrogens with zero attached hydrogens (tertiary/aromatic N) is 3. The number of carbonyl (C=O) groups is 1. The molecule has 2 heterocycles. The summed E-state index contributed by atoms with van der Waals surface area (Å²) in [5, 5.41) is 7.78. The zero-order valence-electron chi connectivity index (χ0n) is 18.5. The Morgan fingerprint density at radius 3 is 2.44 bits per heavy atom. The van der Waals surface area contributed by atoms with Crippen molar-refractivity contribution in [3.8, 4) is 16.9 Å². The van der Waals surface area contributed by atoms with Crippen LogP contribution in [0.3, 0.4) is 0 Å². The SMILES string of the molecule is CC(C)[C@H](CNC(=O)c1cn(-c2ccccc2)nc1-c1ccc(F)cc1)N1CCOCC1. The molecule has 168 valence electrons. The quantitative estimate of drug-likeness (QED) is 0.613. The van der Waals surface area contributed by atoms with Gasteiger partial charge < -0.3 is 10.1 Å². The van der Waals surface area contributed by atoms with Gasteiger partial charge in [0.05, 0.1) is 24.5 Å². The maximum absolute atomic E-state index is 13.5. The molecule has 0 spiro atoms. The van der Waals surface area contributed by atoms with Crippen LogP contribution in [0.5, 0.6) is 0 Å². The predicted molar refractivity (Wildman–Crippen MR) is 122 cm³/mol. The minimum Gasteiger partial charge on any atom is -0.379 e. The summed E-state index contributed by atoms with van der Waals surface area (Å²) in [6.07, 6.45) is 1.74. The van der Waals surface area contributed by atoms with Gasteiger partial charge in [-0.2, -0.15) is 5.10 Å². The van der Waals surface area contributed by atoms with Crippen LogP contribution in [0.25, 0.3) is 16.9 Å². The molecule has 1 saturated heterocycles. The van der Waals surface area contributed by atoms with Crippen LogP contribution < -0.4 is 5.32 Å². The van der Waals surface area contributed by atoms with Gasteiger partial charge in [-0.15, -0.1) is 0 Å². The van der Waals surface area contributed by atoms with E-state index >= 15 is 0 Å². The molecule has 0 saturated carbocycles. The molecule has 0 aliphatic carbocycles. The molecule has 3 aromatic rings. The van der Waals surface area contributed by atoms with Gasteiger partial charge in [0.15, 0.2) is 0 Å². The molecular formula is C25H29FN4O2. The highest BCUT2D eigenvalue weighted by molar-refractivity contribution is 6.00. The highest BCUT2D eigenvalue weighted by Crippen LogP contribution is 2.24. The maximum atomic E-state index is 13.5. The van der Waals surface area contributed by atoms with Gasteiger partial charge >= 0.3 is 0 Å². The minimum absolute atomic E-state index is 0.189. The standard InChI is InChI=1S/C25H29FN4O2/c1-18(2)23(29-12-14-32-15-13-29)16-27-25(31)22-17-30(21-6-4-3-5-7-21)28-24(22)19-8-10-20(26)11-9-19/h3-11,17-18,23H,12-16H2,1-2H3,(H,27,31)/t23-/m0/s1. The number of aromatic nitrogens is 2. The van der Waals surface area contributed by atoms with Crippen molar-refractivity contribution in [2.45, 2.75) is 19.9 Å². The lowest BCUT2D eigenvalue weighted by Gasteiger charge is -2.36. The van der Waals surface area contributed by atoms with Crippen molar-refractivity contribution in [1.82, 2.24) is 20.0 Å². The summed E-state index contributed by atoms with van der Waals surface area (Å²) < 4.78 is 20.6.